The van der Waals surface area contributed by atoms with Crippen LogP contribution in [0.3, 0.4) is 0 Å². The number of nitrogens with two attached hydrogens (primary N) is 1. The van der Waals surface area contributed by atoms with E-state index >= 15 is 0 Å². The third-order valence-corrected chi connectivity index (χ3v) is 3.86. The van der Waals surface area contributed by atoms with Crippen molar-refractivity contribution in [1.82, 2.24) is 0 Å². The summed E-state index contributed by atoms with van der Waals surface area (Å²) >= 11 is 3.91. The number of nitrogens with zero attached hydrogens (tertiary/aromatic N) is 1. The topological polar surface area (TPSA) is 109 Å². The van der Waals surface area contributed by atoms with Crippen molar-refractivity contribution in [2.75, 3.05) is 60.4 Å². The maximum absolute atomic E-state index is 11.5. The molecule has 0 aromatic rings. The molecule has 0 heterocycles. The number of hydrogen-bond donors (Lipinski definition) is 3. The van der Waals surface area contributed by atoms with E-state index in [-0.39, 0.29) is 12.4 Å². The van der Waals surface area contributed by atoms with Crippen LogP contribution >= 0.6 is 21.2 Å². The zero-order valence-corrected chi connectivity index (χ0v) is 15.8. The molecule has 0 amide bonds. The number of quaternary nitrogens is 1. The number of aliphatic hydroxyl groups excluding tert-OH is 1. The molecule has 0 fully saturated rings. The predicted octanol–water partition coefficient (Wildman–Crippen LogP) is -0.308. The Hall–Kier alpha value is -0.0300. The summed E-state index contributed by atoms with van der Waals surface area (Å²) < 4.78 is 21.4. The first-order valence-electron chi connectivity index (χ1n) is 6.98. The van der Waals surface area contributed by atoms with Gasteiger partial charge >= 0.3 is 14.6 Å². The Morgan fingerprint density at radius 2 is 2.00 bits per heavy atom. The second-order valence-corrected chi connectivity index (χ2v) is 7.12. The summed E-state index contributed by atoms with van der Waals surface area (Å²) in [6.07, 6.45) is -0.874. The van der Waals surface area contributed by atoms with Gasteiger partial charge in [0.15, 0.2) is 0 Å². The molecule has 3 atom stereocenters. The minimum atomic E-state index is -1.78. The Morgan fingerprint density at radius 3 is 2.48 bits per heavy atom. The molecular weight excluding hydrogens is 347 g/mol. The van der Waals surface area contributed by atoms with E-state index in [1.54, 1.807) is 0 Å². The zero-order chi connectivity index (χ0) is 17.9. The third kappa shape index (κ3) is 12.0. The molecule has 11 heteroatoms. The van der Waals surface area contributed by atoms with Crippen LogP contribution in [0.4, 0.5) is 0 Å². The van der Waals surface area contributed by atoms with Crippen LogP contribution in [-0.2, 0) is 28.1 Å². The first-order valence-corrected chi connectivity index (χ1v) is 8.71. The molecule has 0 saturated carbocycles. The number of esters is 1. The van der Waals surface area contributed by atoms with Crippen molar-refractivity contribution in [3.63, 3.8) is 0 Å². The van der Waals surface area contributed by atoms with Crippen molar-refractivity contribution in [2.45, 2.75) is 12.1 Å². The van der Waals surface area contributed by atoms with Gasteiger partial charge < -0.3 is 29.1 Å². The molecule has 0 saturated heterocycles. The van der Waals surface area contributed by atoms with E-state index in [4.69, 9.17) is 24.2 Å². The number of carbonyl (C=O) groups is 1. The van der Waals surface area contributed by atoms with Crippen molar-refractivity contribution in [2.24, 2.45) is 5.73 Å². The van der Waals surface area contributed by atoms with E-state index in [0.29, 0.717) is 11.1 Å². The summed E-state index contributed by atoms with van der Waals surface area (Å²) in [6.45, 7) is 0.609. The maximum Gasteiger partial charge on any atom is 0.363 e. The SMILES string of the molecule is COOP(OCC[N+](C)(C)C)OCC(CO)OC(=O)C(N)CS. The molecule has 9 nitrogen and oxygen atoms in total. The zero-order valence-electron chi connectivity index (χ0n) is 14.0. The molecule has 0 aliphatic carbocycles. The van der Waals surface area contributed by atoms with Gasteiger partial charge in [-0.15, -0.1) is 0 Å². The van der Waals surface area contributed by atoms with E-state index in [0.717, 1.165) is 6.54 Å². The van der Waals surface area contributed by atoms with Gasteiger partial charge in [0, 0.05) is 5.75 Å². The van der Waals surface area contributed by atoms with Crippen LogP contribution in [0.15, 0.2) is 0 Å². The number of ether oxygens (including phenoxy) is 1. The summed E-state index contributed by atoms with van der Waals surface area (Å²) in [7, 11) is 5.62. The van der Waals surface area contributed by atoms with Crippen molar-refractivity contribution >= 4 is 27.2 Å². The highest BCUT2D eigenvalue weighted by atomic mass is 32.1. The Labute approximate surface area is 143 Å². The minimum Gasteiger partial charge on any atom is -0.456 e. The lowest BCUT2D eigenvalue weighted by molar-refractivity contribution is -0.870. The third-order valence-electron chi connectivity index (χ3n) is 2.45. The van der Waals surface area contributed by atoms with Crippen LogP contribution in [-0.4, -0.2) is 88.1 Å². The highest BCUT2D eigenvalue weighted by Gasteiger charge is 2.23. The van der Waals surface area contributed by atoms with Crippen LogP contribution in [0.1, 0.15) is 0 Å². The quantitative estimate of drug-likeness (QED) is 0.100. The number of rotatable bonds is 13. The number of thiol groups is 1. The van der Waals surface area contributed by atoms with Crippen molar-refractivity contribution < 1.29 is 37.7 Å². The van der Waals surface area contributed by atoms with E-state index in [9.17, 15) is 9.90 Å². The molecule has 138 valence electrons. The Kier molecular flexibility index (Phi) is 12.3. The fourth-order valence-corrected chi connectivity index (χ4v) is 2.07. The first-order chi connectivity index (χ1) is 10.7. The average Bonchev–Trinajstić information content (AvgIpc) is 2.48. The minimum absolute atomic E-state index is 0.110. The molecule has 0 rings (SSSR count). The molecule has 0 aliphatic heterocycles. The van der Waals surface area contributed by atoms with Gasteiger partial charge in [-0.25, -0.2) is 4.89 Å². The fourth-order valence-electron chi connectivity index (χ4n) is 1.12. The molecule has 3 N–H and O–H groups in total. The van der Waals surface area contributed by atoms with Gasteiger partial charge in [-0.2, -0.15) is 17.3 Å². The average molecular weight is 375 g/mol. The Morgan fingerprint density at radius 1 is 1.35 bits per heavy atom. The number of hydrogen-bond acceptors (Lipinski definition) is 9. The number of carbonyl (C=O) groups excluding carboxylic acids is 1. The van der Waals surface area contributed by atoms with Gasteiger partial charge in [0.05, 0.1) is 41.5 Å². The van der Waals surface area contributed by atoms with Crippen LogP contribution in [0.2, 0.25) is 0 Å². The summed E-state index contributed by atoms with van der Waals surface area (Å²) in [6, 6.07) is -0.857. The normalized spacial score (nSPS) is 16.0. The molecule has 0 aromatic heterocycles. The highest BCUT2D eigenvalue weighted by molar-refractivity contribution is 7.80. The summed E-state index contributed by atoms with van der Waals surface area (Å²) in [4.78, 5) is 16.1. The lowest BCUT2D eigenvalue weighted by Crippen LogP contribution is -2.38. The van der Waals surface area contributed by atoms with Crippen LogP contribution in [0.5, 0.6) is 0 Å². The van der Waals surface area contributed by atoms with Crippen molar-refractivity contribution in [3.8, 4) is 0 Å². The van der Waals surface area contributed by atoms with Gasteiger partial charge in [0.1, 0.15) is 25.3 Å². The van der Waals surface area contributed by atoms with Crippen molar-refractivity contribution in [3.05, 3.63) is 0 Å². The highest BCUT2D eigenvalue weighted by Crippen LogP contribution is 2.39. The fraction of sp³-hybridized carbons (Fsp3) is 0.917. The van der Waals surface area contributed by atoms with Crippen LogP contribution in [0.25, 0.3) is 0 Å². The molecule has 3 unspecified atom stereocenters. The first kappa shape index (κ1) is 23.0. The monoisotopic (exact) mass is 375 g/mol. The van der Waals surface area contributed by atoms with E-state index in [1.807, 2.05) is 21.1 Å². The summed E-state index contributed by atoms with van der Waals surface area (Å²) in [5, 5.41) is 9.23. The van der Waals surface area contributed by atoms with Gasteiger partial charge in [-0.05, 0) is 0 Å². The molecule has 0 aliphatic rings. The molecule has 0 bridgehead atoms. The maximum atomic E-state index is 11.5. The van der Waals surface area contributed by atoms with Gasteiger partial charge in [-0.3, -0.25) is 4.79 Å². The summed E-state index contributed by atoms with van der Waals surface area (Å²) in [5.74, 6) is -0.517. The molecule has 0 aromatic carbocycles. The van der Waals surface area contributed by atoms with Gasteiger partial charge in [0.25, 0.3) is 0 Å². The molecule has 23 heavy (non-hydrogen) atoms. The lowest BCUT2D eigenvalue weighted by Gasteiger charge is -2.24. The lowest BCUT2D eigenvalue weighted by atomic mass is 10.3. The van der Waals surface area contributed by atoms with E-state index < -0.39 is 33.3 Å². The number of aliphatic hydroxyl groups is 1. The smallest absolute Gasteiger partial charge is 0.363 e. The predicted molar refractivity (Wildman–Crippen MR) is 88.6 cm³/mol. The molecule has 0 radical (unpaired) electrons. The van der Waals surface area contributed by atoms with Crippen molar-refractivity contribution in [1.29, 1.82) is 0 Å². The van der Waals surface area contributed by atoms with E-state index in [2.05, 4.69) is 17.5 Å². The van der Waals surface area contributed by atoms with Gasteiger partial charge in [-0.1, -0.05) is 0 Å². The Bertz CT molecular complexity index is 333. The summed E-state index contributed by atoms with van der Waals surface area (Å²) in [5.41, 5.74) is 5.49. The second-order valence-electron chi connectivity index (χ2n) is 5.64. The van der Waals surface area contributed by atoms with Crippen LogP contribution in [0, 0.1) is 0 Å². The number of likely N-dealkylation sites (N-methyl/N-ethyl adjacent to an activating group) is 1. The van der Waals surface area contributed by atoms with Gasteiger partial charge in [0.2, 0.25) is 0 Å². The molecular formula is C12H28N2O7PS+. The molecule has 0 spiro atoms. The van der Waals surface area contributed by atoms with E-state index in [1.165, 1.54) is 7.11 Å². The largest absolute Gasteiger partial charge is 0.456 e. The Balaban J connectivity index is 4.27. The standard InChI is InChI=1S/C12H27N2O7PS/c1-14(2,3)5-6-18-22(21-17-4)19-8-10(7-15)20-12(16)11(13)9-23/h10-11,15H,5-9,13H2,1-4H3/p+1. The van der Waals surface area contributed by atoms with Crippen LogP contribution < -0.4 is 5.73 Å². The second kappa shape index (κ2) is 12.3.